The number of fused-ring (bicyclic) bond motifs is 1. The van der Waals surface area contributed by atoms with Gasteiger partial charge in [-0.3, -0.25) is 0 Å². The number of rotatable bonds is 5. The number of nitrogen functional groups attached to an aromatic ring is 1. The molecule has 0 aliphatic rings. The Hall–Kier alpha value is -2.79. The summed E-state index contributed by atoms with van der Waals surface area (Å²) in [5.41, 5.74) is 9.40. The molecule has 0 aliphatic heterocycles. The topological polar surface area (TPSA) is 53.1 Å². The fraction of sp³-hybridized carbons (Fsp3) is 0.174. The van der Waals surface area contributed by atoms with E-state index in [9.17, 15) is 0 Å². The number of imidazole rings is 1. The van der Waals surface area contributed by atoms with Crippen LogP contribution in [-0.4, -0.2) is 16.7 Å². The van der Waals surface area contributed by atoms with Crippen LogP contribution in [0.2, 0.25) is 0 Å². The van der Waals surface area contributed by atoms with Gasteiger partial charge in [0.25, 0.3) is 0 Å². The Kier molecular flexibility index (Phi) is 5.09. The second kappa shape index (κ2) is 7.68. The number of benzene rings is 3. The fourth-order valence-electron chi connectivity index (χ4n) is 3.56. The molecule has 4 nitrogen and oxygen atoms in total. The second-order valence-electron chi connectivity index (χ2n) is 6.92. The Labute approximate surface area is 173 Å². The van der Waals surface area contributed by atoms with Gasteiger partial charge in [-0.25, -0.2) is 4.98 Å². The number of nitrogens with zero attached hydrogens (tertiary/aromatic N) is 2. The zero-order valence-electron chi connectivity index (χ0n) is 15.9. The molecule has 4 aromatic rings. The first kappa shape index (κ1) is 18.6. The molecular formula is C23H22BrN3O. The van der Waals surface area contributed by atoms with Gasteiger partial charge in [0.1, 0.15) is 5.75 Å². The summed E-state index contributed by atoms with van der Waals surface area (Å²) >= 11 is 3.83. The number of ether oxygens (including phenoxy) is 1. The van der Waals surface area contributed by atoms with E-state index in [1.54, 1.807) is 7.11 Å². The number of halogens is 1. The van der Waals surface area contributed by atoms with E-state index in [0.29, 0.717) is 5.95 Å². The molecule has 2 N–H and O–H groups in total. The number of aryl methyl sites for hydroxylation is 1. The highest BCUT2D eigenvalue weighted by atomic mass is 79.9. The molecule has 142 valence electrons. The minimum absolute atomic E-state index is 0.0897. The van der Waals surface area contributed by atoms with Crippen LogP contribution in [0, 0.1) is 0 Å². The van der Waals surface area contributed by atoms with Crippen LogP contribution in [0.5, 0.6) is 5.75 Å². The third-order valence-electron chi connectivity index (χ3n) is 5.17. The smallest absolute Gasteiger partial charge is 0.200 e. The third kappa shape index (κ3) is 3.50. The van der Waals surface area contributed by atoms with Gasteiger partial charge >= 0.3 is 0 Å². The number of methoxy groups -OCH3 is 1. The molecule has 0 spiro atoms. The average Bonchev–Trinajstić information content (AvgIpc) is 3.06. The monoisotopic (exact) mass is 435 g/mol. The molecule has 1 atom stereocenters. The largest absolute Gasteiger partial charge is 0.497 e. The summed E-state index contributed by atoms with van der Waals surface area (Å²) in [6.07, 6.45) is 2.83. The third-order valence-corrected chi connectivity index (χ3v) is 6.11. The molecule has 0 aliphatic carbocycles. The van der Waals surface area contributed by atoms with Gasteiger partial charge in [0, 0.05) is 23.6 Å². The molecule has 0 fully saturated rings. The predicted molar refractivity (Wildman–Crippen MR) is 118 cm³/mol. The molecule has 0 bridgehead atoms. The quantitative estimate of drug-likeness (QED) is 0.462. The van der Waals surface area contributed by atoms with Crippen molar-refractivity contribution in [2.24, 2.45) is 7.05 Å². The van der Waals surface area contributed by atoms with Crippen molar-refractivity contribution in [3.8, 4) is 5.75 Å². The lowest BCUT2D eigenvalue weighted by Crippen LogP contribution is -2.07. The fourth-order valence-corrected chi connectivity index (χ4v) is 4.21. The first-order chi connectivity index (χ1) is 13.6. The highest BCUT2D eigenvalue weighted by Gasteiger charge is 2.20. The zero-order chi connectivity index (χ0) is 19.7. The molecule has 1 aromatic heterocycles. The van der Waals surface area contributed by atoms with Crippen LogP contribution in [0.15, 0.2) is 71.3 Å². The van der Waals surface area contributed by atoms with Crippen LogP contribution >= 0.6 is 15.9 Å². The molecule has 0 amide bonds. The molecule has 5 heteroatoms. The summed E-state index contributed by atoms with van der Waals surface area (Å²) in [5.74, 6) is 1.45. The minimum atomic E-state index is 0.0897. The first-order valence-corrected chi connectivity index (χ1v) is 9.95. The van der Waals surface area contributed by atoms with Crippen LogP contribution in [0.4, 0.5) is 5.95 Å². The molecule has 3 aromatic carbocycles. The average molecular weight is 436 g/mol. The summed E-state index contributed by atoms with van der Waals surface area (Å²) in [6.45, 7) is 0. The summed E-state index contributed by atoms with van der Waals surface area (Å²) in [4.78, 5) is 4.61. The molecule has 1 heterocycles. The van der Waals surface area contributed by atoms with Crippen LogP contribution < -0.4 is 10.5 Å². The summed E-state index contributed by atoms with van der Waals surface area (Å²) in [6, 6.07) is 20.9. The Morgan fingerprint density at radius 3 is 2.50 bits per heavy atom. The van der Waals surface area contributed by atoms with Crippen LogP contribution in [-0.2, 0) is 13.5 Å². The Balaban J connectivity index is 1.78. The van der Waals surface area contributed by atoms with Crippen molar-refractivity contribution >= 4 is 32.7 Å². The van der Waals surface area contributed by atoms with Gasteiger partial charge in [-0.05, 0) is 56.4 Å². The predicted octanol–water partition coefficient (Wildman–Crippen LogP) is 5.30. The summed E-state index contributed by atoms with van der Waals surface area (Å²) in [5, 5.41) is 2.44. The van der Waals surface area contributed by atoms with Crippen molar-refractivity contribution < 1.29 is 4.74 Å². The van der Waals surface area contributed by atoms with Gasteiger partial charge in [-0.15, -0.1) is 0 Å². The van der Waals surface area contributed by atoms with Crippen molar-refractivity contribution in [3.05, 3.63) is 88.2 Å². The lowest BCUT2D eigenvalue weighted by Gasteiger charge is -2.18. The van der Waals surface area contributed by atoms with Crippen molar-refractivity contribution in [1.29, 1.82) is 0 Å². The van der Waals surface area contributed by atoms with Gasteiger partial charge in [0.2, 0.25) is 0 Å². The van der Waals surface area contributed by atoms with E-state index < -0.39 is 0 Å². The van der Waals surface area contributed by atoms with E-state index in [0.717, 1.165) is 22.3 Å². The molecule has 28 heavy (non-hydrogen) atoms. The maximum absolute atomic E-state index is 6.02. The van der Waals surface area contributed by atoms with E-state index in [-0.39, 0.29) is 5.92 Å². The number of nitrogens with two attached hydrogens (primary N) is 1. The van der Waals surface area contributed by atoms with E-state index in [4.69, 9.17) is 10.5 Å². The maximum atomic E-state index is 6.02. The van der Waals surface area contributed by atoms with Gasteiger partial charge in [-0.2, -0.15) is 0 Å². The van der Waals surface area contributed by atoms with E-state index in [1.807, 2.05) is 29.9 Å². The second-order valence-corrected chi connectivity index (χ2v) is 7.72. The maximum Gasteiger partial charge on any atom is 0.200 e. The molecular weight excluding hydrogens is 414 g/mol. The van der Waals surface area contributed by atoms with Crippen LogP contribution in [0.3, 0.4) is 0 Å². The molecule has 1 unspecified atom stereocenters. The van der Waals surface area contributed by atoms with Gasteiger partial charge in [0.15, 0.2) is 5.95 Å². The number of aromatic nitrogens is 2. The van der Waals surface area contributed by atoms with Crippen molar-refractivity contribution in [2.75, 3.05) is 12.8 Å². The van der Waals surface area contributed by atoms with E-state index >= 15 is 0 Å². The highest BCUT2D eigenvalue weighted by molar-refractivity contribution is 9.10. The first-order valence-electron chi connectivity index (χ1n) is 9.15. The number of hydrogen-bond donors (Lipinski definition) is 1. The Bertz CT molecular complexity index is 1100. The van der Waals surface area contributed by atoms with E-state index in [2.05, 4.69) is 69.4 Å². The lowest BCUT2D eigenvalue weighted by molar-refractivity contribution is 0.414. The van der Waals surface area contributed by atoms with Crippen molar-refractivity contribution in [3.63, 3.8) is 0 Å². The lowest BCUT2D eigenvalue weighted by atomic mass is 9.89. The minimum Gasteiger partial charge on any atom is -0.497 e. The molecule has 0 saturated carbocycles. The number of hydrogen-bond acceptors (Lipinski definition) is 3. The Morgan fingerprint density at radius 1 is 1.07 bits per heavy atom. The summed E-state index contributed by atoms with van der Waals surface area (Å²) < 4.78 is 8.31. The van der Waals surface area contributed by atoms with E-state index in [1.165, 1.54) is 21.9 Å². The summed E-state index contributed by atoms with van der Waals surface area (Å²) in [7, 11) is 3.60. The highest BCUT2D eigenvalue weighted by Crippen LogP contribution is 2.35. The Morgan fingerprint density at radius 2 is 1.82 bits per heavy atom. The molecule has 0 saturated heterocycles. The van der Waals surface area contributed by atoms with Crippen molar-refractivity contribution in [1.82, 2.24) is 9.55 Å². The van der Waals surface area contributed by atoms with Gasteiger partial charge < -0.3 is 15.0 Å². The molecule has 0 radical (unpaired) electrons. The van der Waals surface area contributed by atoms with Gasteiger partial charge in [-0.1, -0.05) is 48.5 Å². The van der Waals surface area contributed by atoms with Crippen LogP contribution in [0.25, 0.3) is 10.8 Å². The number of anilines is 1. The SMILES string of the molecule is COc1ccc(C(Cc2ccc3ccccc3c2Br)c2cn(C)c(N)n2)cc1. The standard InChI is InChI=1S/C23H22BrN3O/c1-27-14-21(26-23(27)25)20(16-9-11-18(28-2)12-10-16)13-17-8-7-15-5-3-4-6-19(15)22(17)24/h3-12,14,20H,13H2,1-2H3,(H2,25,26). The van der Waals surface area contributed by atoms with Crippen LogP contribution in [0.1, 0.15) is 22.7 Å². The van der Waals surface area contributed by atoms with Crippen molar-refractivity contribution in [2.45, 2.75) is 12.3 Å². The normalized spacial score (nSPS) is 12.2. The van der Waals surface area contributed by atoms with Gasteiger partial charge in [0.05, 0.1) is 12.8 Å². The molecule has 4 rings (SSSR count). The zero-order valence-corrected chi connectivity index (χ0v) is 17.5.